The van der Waals surface area contributed by atoms with E-state index < -0.39 is 9.85 Å². The smallest absolute Gasteiger partial charge is 0.258 e. The highest BCUT2D eigenvalue weighted by atomic mass is 33.1. The molecule has 0 saturated heterocycles. The van der Waals surface area contributed by atoms with Crippen LogP contribution in [0.25, 0.3) is 10.8 Å². The van der Waals surface area contributed by atoms with Crippen LogP contribution in [0.1, 0.15) is 0 Å². The molecule has 1 aliphatic rings. The molecule has 0 fully saturated rings. The molecule has 0 aliphatic carbocycles. The zero-order chi connectivity index (χ0) is 12.9. The third-order valence-corrected chi connectivity index (χ3v) is 5.11. The first-order valence-corrected chi connectivity index (χ1v) is 6.97. The van der Waals surface area contributed by atoms with Gasteiger partial charge in [0, 0.05) is 27.3 Å². The summed E-state index contributed by atoms with van der Waals surface area (Å²) < 4.78 is 0. The second-order valence-corrected chi connectivity index (χ2v) is 5.81. The summed E-state index contributed by atoms with van der Waals surface area (Å²) in [5, 5.41) is 22.7. The van der Waals surface area contributed by atoms with Crippen LogP contribution in [0.15, 0.2) is 34.1 Å². The molecule has 2 aromatic rings. The third kappa shape index (κ3) is 1.46. The second-order valence-electron chi connectivity index (χ2n) is 3.60. The van der Waals surface area contributed by atoms with Gasteiger partial charge in [0.2, 0.25) is 0 Å². The molecule has 1 heterocycles. The quantitative estimate of drug-likeness (QED) is 0.473. The molecular weight excluding hydrogens is 276 g/mol. The Balaban J connectivity index is 2.53. The van der Waals surface area contributed by atoms with Gasteiger partial charge < -0.3 is 0 Å². The molecule has 0 bridgehead atoms. The largest absolute Gasteiger partial charge is 0.284 e. The fourth-order valence-electron chi connectivity index (χ4n) is 1.93. The molecule has 1 aliphatic heterocycles. The van der Waals surface area contributed by atoms with Gasteiger partial charge in [-0.3, -0.25) is 20.2 Å². The van der Waals surface area contributed by atoms with E-state index in [0.717, 1.165) is 9.79 Å². The van der Waals surface area contributed by atoms with E-state index in [1.54, 1.807) is 12.1 Å². The molecule has 0 N–H and O–H groups in total. The maximum Gasteiger partial charge on any atom is 0.284 e. The topological polar surface area (TPSA) is 86.3 Å². The Kier molecular flexibility index (Phi) is 2.42. The zero-order valence-electron chi connectivity index (χ0n) is 8.65. The summed E-state index contributed by atoms with van der Waals surface area (Å²) >= 11 is 0. The summed E-state index contributed by atoms with van der Waals surface area (Å²) in [5.74, 6) is 0. The number of nitro groups is 2. The van der Waals surface area contributed by atoms with Gasteiger partial charge in [-0.25, -0.2) is 0 Å². The minimum Gasteiger partial charge on any atom is -0.258 e. The van der Waals surface area contributed by atoms with Crippen molar-refractivity contribution in [3.8, 4) is 0 Å². The number of hydrogen-bond donors (Lipinski definition) is 0. The summed E-state index contributed by atoms with van der Waals surface area (Å²) in [6, 6.07) is 5.93. The van der Waals surface area contributed by atoms with E-state index in [4.69, 9.17) is 0 Å². The van der Waals surface area contributed by atoms with Gasteiger partial charge in [-0.1, -0.05) is 21.6 Å². The maximum atomic E-state index is 11.0. The Labute approximate surface area is 108 Å². The average molecular weight is 280 g/mol. The van der Waals surface area contributed by atoms with Crippen LogP contribution in [0.2, 0.25) is 0 Å². The SMILES string of the molecule is O=[N+]([O-])c1ccc2c3c(ccc([N+](=O)[O-])c13)SS2. The normalized spacial score (nSPS) is 12.9. The lowest BCUT2D eigenvalue weighted by molar-refractivity contribution is -0.390. The Morgan fingerprint density at radius 2 is 1.22 bits per heavy atom. The summed E-state index contributed by atoms with van der Waals surface area (Å²) in [5.41, 5.74) is -0.434. The summed E-state index contributed by atoms with van der Waals surface area (Å²) in [6.45, 7) is 0. The molecule has 2 aromatic carbocycles. The zero-order valence-corrected chi connectivity index (χ0v) is 10.3. The fraction of sp³-hybridized carbons (Fsp3) is 0. The van der Waals surface area contributed by atoms with Crippen molar-refractivity contribution in [2.45, 2.75) is 9.79 Å². The van der Waals surface area contributed by atoms with E-state index >= 15 is 0 Å². The van der Waals surface area contributed by atoms with Gasteiger partial charge in [-0.15, -0.1) is 0 Å². The van der Waals surface area contributed by atoms with E-state index in [2.05, 4.69) is 0 Å². The molecule has 90 valence electrons. The summed E-state index contributed by atoms with van der Waals surface area (Å²) in [7, 11) is 2.92. The van der Waals surface area contributed by atoms with Gasteiger partial charge >= 0.3 is 0 Å². The van der Waals surface area contributed by atoms with Crippen molar-refractivity contribution < 1.29 is 9.85 Å². The molecule has 6 nitrogen and oxygen atoms in total. The minimum atomic E-state index is -0.580. The number of hydrogen-bond acceptors (Lipinski definition) is 6. The second kappa shape index (κ2) is 3.85. The molecule has 0 spiro atoms. The standard InChI is InChI=1S/C10H4N2O4S2/c13-11(14)5-1-3-7-10-8(18-17-7)4-2-6(9(5)10)12(15)16/h1-4H. The lowest BCUT2D eigenvalue weighted by Gasteiger charge is -2.02. The Morgan fingerprint density at radius 1 is 0.778 bits per heavy atom. The van der Waals surface area contributed by atoms with Crippen LogP contribution in [0.5, 0.6) is 0 Å². The third-order valence-electron chi connectivity index (χ3n) is 2.65. The predicted octanol–water partition coefficient (Wildman–Crippen LogP) is 3.77. The Bertz CT molecular complexity index is 660. The Hall–Kier alpha value is -1.80. The first-order chi connectivity index (χ1) is 8.59. The first kappa shape index (κ1) is 11.3. The minimum absolute atomic E-state index is 0.123. The van der Waals surface area contributed by atoms with Gasteiger partial charge in [-0.05, 0) is 12.1 Å². The van der Waals surface area contributed by atoms with E-state index in [1.807, 2.05) is 0 Å². The van der Waals surface area contributed by atoms with Crippen molar-refractivity contribution in [3.05, 3.63) is 44.5 Å². The van der Waals surface area contributed by atoms with Crippen LogP contribution in [0.3, 0.4) is 0 Å². The van der Waals surface area contributed by atoms with E-state index in [-0.39, 0.29) is 16.8 Å². The van der Waals surface area contributed by atoms with Gasteiger partial charge in [-0.2, -0.15) is 0 Å². The van der Waals surface area contributed by atoms with Crippen molar-refractivity contribution in [1.82, 2.24) is 0 Å². The molecule has 0 radical (unpaired) electrons. The lowest BCUT2D eigenvalue weighted by atomic mass is 10.1. The number of nitro benzene ring substituents is 2. The fourth-order valence-corrected chi connectivity index (χ4v) is 4.38. The molecule has 3 rings (SSSR count). The number of nitrogens with zero attached hydrogens (tertiary/aromatic N) is 2. The van der Waals surface area contributed by atoms with Crippen LogP contribution >= 0.6 is 21.6 Å². The summed E-state index contributed by atoms with van der Waals surface area (Å²) in [6.07, 6.45) is 0. The van der Waals surface area contributed by atoms with Crippen molar-refractivity contribution in [3.63, 3.8) is 0 Å². The van der Waals surface area contributed by atoms with Crippen molar-refractivity contribution in [1.29, 1.82) is 0 Å². The Morgan fingerprint density at radius 3 is 1.61 bits per heavy atom. The van der Waals surface area contributed by atoms with Gasteiger partial charge in [0.15, 0.2) is 0 Å². The summed E-state index contributed by atoms with van der Waals surface area (Å²) in [4.78, 5) is 22.5. The van der Waals surface area contributed by atoms with Crippen LogP contribution in [0, 0.1) is 20.2 Å². The van der Waals surface area contributed by atoms with Crippen LogP contribution in [-0.2, 0) is 0 Å². The predicted molar refractivity (Wildman–Crippen MR) is 69.0 cm³/mol. The van der Waals surface area contributed by atoms with Gasteiger partial charge in [0.05, 0.1) is 9.85 Å². The highest BCUT2D eigenvalue weighted by Crippen LogP contribution is 2.54. The molecule has 0 amide bonds. The monoisotopic (exact) mass is 280 g/mol. The number of non-ortho nitro benzene ring substituents is 2. The van der Waals surface area contributed by atoms with Crippen LogP contribution in [-0.4, -0.2) is 9.85 Å². The molecule has 0 saturated carbocycles. The molecule has 8 heteroatoms. The van der Waals surface area contributed by atoms with E-state index in [1.165, 1.54) is 33.7 Å². The maximum absolute atomic E-state index is 11.0. The van der Waals surface area contributed by atoms with Crippen LogP contribution in [0.4, 0.5) is 11.4 Å². The molecule has 0 unspecified atom stereocenters. The molecular formula is C10H4N2O4S2. The van der Waals surface area contributed by atoms with Crippen LogP contribution < -0.4 is 0 Å². The molecule has 0 atom stereocenters. The number of rotatable bonds is 2. The van der Waals surface area contributed by atoms with Gasteiger partial charge in [0.25, 0.3) is 11.4 Å². The first-order valence-electron chi connectivity index (χ1n) is 4.82. The molecule has 0 aromatic heterocycles. The van der Waals surface area contributed by atoms with E-state index in [0.29, 0.717) is 5.39 Å². The van der Waals surface area contributed by atoms with Gasteiger partial charge in [0.1, 0.15) is 5.39 Å². The lowest BCUT2D eigenvalue weighted by Crippen LogP contribution is -1.95. The highest BCUT2D eigenvalue weighted by Gasteiger charge is 2.29. The number of benzene rings is 2. The van der Waals surface area contributed by atoms with Crippen molar-refractivity contribution in [2.75, 3.05) is 0 Å². The van der Waals surface area contributed by atoms with Crippen molar-refractivity contribution >= 4 is 43.7 Å². The van der Waals surface area contributed by atoms with E-state index in [9.17, 15) is 20.2 Å². The van der Waals surface area contributed by atoms with Crippen molar-refractivity contribution in [2.24, 2.45) is 0 Å². The molecule has 18 heavy (non-hydrogen) atoms. The average Bonchev–Trinajstić information content (AvgIpc) is 2.74. The highest BCUT2D eigenvalue weighted by molar-refractivity contribution is 8.77.